The van der Waals surface area contributed by atoms with Gasteiger partial charge in [0.05, 0.1) is 0 Å². The minimum atomic E-state index is 0.212. The minimum Gasteiger partial charge on any atom is -0.314 e. The third kappa shape index (κ3) is 7.10. The fraction of sp³-hybridized carbons (Fsp3) is 0.684. The summed E-state index contributed by atoms with van der Waals surface area (Å²) in [7, 11) is 0. The highest BCUT2D eigenvalue weighted by Crippen LogP contribution is 2.18. The van der Waals surface area contributed by atoms with Gasteiger partial charge in [0.1, 0.15) is 0 Å². The molecule has 2 N–H and O–H groups in total. The molecule has 1 aliphatic rings. The maximum atomic E-state index is 3.60. The molecule has 0 spiro atoms. The molecule has 21 heavy (non-hydrogen) atoms. The zero-order chi connectivity index (χ0) is 15.1. The van der Waals surface area contributed by atoms with Gasteiger partial charge in [0.15, 0.2) is 0 Å². The average molecular weight is 288 g/mol. The molecule has 0 heterocycles. The number of benzene rings is 1. The fourth-order valence-electron chi connectivity index (χ4n) is 2.65. The van der Waals surface area contributed by atoms with E-state index in [4.69, 9.17) is 0 Å². The number of unbranched alkanes of at least 4 members (excludes halogenated alkanes) is 1. The standard InChI is InChI=1S/C19H32N2/c1-19(2,3)21-15-13-17-9-5-4-8-16(17)10-6-7-14-20-18-11-12-18/h4-5,8-9,18,20-21H,6-7,10-15H2,1-3H3. The highest BCUT2D eigenvalue weighted by atomic mass is 14.9. The van der Waals surface area contributed by atoms with Gasteiger partial charge in [-0.05, 0) is 83.5 Å². The van der Waals surface area contributed by atoms with Crippen LogP contribution in [0.1, 0.15) is 57.6 Å². The second kappa shape index (κ2) is 7.95. The van der Waals surface area contributed by atoms with Gasteiger partial charge in [0.2, 0.25) is 0 Å². The quantitative estimate of drug-likeness (QED) is 0.677. The summed E-state index contributed by atoms with van der Waals surface area (Å²) in [5.74, 6) is 0. The molecule has 0 atom stereocenters. The Morgan fingerprint density at radius 1 is 0.952 bits per heavy atom. The van der Waals surface area contributed by atoms with E-state index in [1.54, 1.807) is 5.56 Å². The van der Waals surface area contributed by atoms with Gasteiger partial charge < -0.3 is 10.6 Å². The smallest absolute Gasteiger partial charge is 0.00966 e. The van der Waals surface area contributed by atoms with Crippen molar-refractivity contribution in [3.8, 4) is 0 Å². The summed E-state index contributed by atoms with van der Waals surface area (Å²) in [5, 5.41) is 7.18. The third-order valence-electron chi connectivity index (χ3n) is 4.05. The molecule has 0 amide bonds. The second-order valence-electron chi connectivity index (χ2n) is 7.38. The van der Waals surface area contributed by atoms with Crippen LogP contribution in [0.3, 0.4) is 0 Å². The van der Waals surface area contributed by atoms with Gasteiger partial charge in [-0.25, -0.2) is 0 Å². The lowest BCUT2D eigenvalue weighted by atomic mass is 9.99. The van der Waals surface area contributed by atoms with Gasteiger partial charge in [0.25, 0.3) is 0 Å². The Morgan fingerprint density at radius 2 is 1.62 bits per heavy atom. The predicted octanol–water partition coefficient (Wildman–Crippen LogP) is 3.69. The maximum absolute atomic E-state index is 3.60. The van der Waals surface area contributed by atoms with Crippen LogP contribution in [0.2, 0.25) is 0 Å². The largest absolute Gasteiger partial charge is 0.314 e. The third-order valence-corrected chi connectivity index (χ3v) is 4.05. The molecular weight excluding hydrogens is 256 g/mol. The molecule has 1 aliphatic carbocycles. The summed E-state index contributed by atoms with van der Waals surface area (Å²) in [6.07, 6.45) is 7.73. The van der Waals surface area contributed by atoms with E-state index in [1.165, 1.54) is 44.2 Å². The number of aryl methyl sites for hydroxylation is 1. The Balaban J connectivity index is 1.70. The van der Waals surface area contributed by atoms with Gasteiger partial charge in [0, 0.05) is 11.6 Å². The first-order valence-corrected chi connectivity index (χ1v) is 8.60. The Labute approximate surface area is 130 Å². The van der Waals surface area contributed by atoms with Crippen molar-refractivity contribution >= 4 is 0 Å². The van der Waals surface area contributed by atoms with Crippen LogP contribution in [0.4, 0.5) is 0 Å². The Hall–Kier alpha value is -0.860. The lowest BCUT2D eigenvalue weighted by Crippen LogP contribution is -2.37. The molecule has 2 nitrogen and oxygen atoms in total. The average Bonchev–Trinajstić information content (AvgIpc) is 3.23. The van der Waals surface area contributed by atoms with Crippen molar-refractivity contribution in [3.05, 3.63) is 35.4 Å². The minimum absolute atomic E-state index is 0.212. The number of rotatable bonds is 9. The molecule has 1 saturated carbocycles. The zero-order valence-electron chi connectivity index (χ0n) is 14.0. The molecule has 118 valence electrons. The zero-order valence-corrected chi connectivity index (χ0v) is 14.0. The number of hydrogen-bond donors (Lipinski definition) is 2. The summed E-state index contributed by atoms with van der Waals surface area (Å²) < 4.78 is 0. The van der Waals surface area contributed by atoms with Crippen LogP contribution in [0.15, 0.2) is 24.3 Å². The van der Waals surface area contributed by atoms with Crippen LogP contribution < -0.4 is 10.6 Å². The lowest BCUT2D eigenvalue weighted by Gasteiger charge is -2.21. The molecule has 0 aromatic heterocycles. The van der Waals surface area contributed by atoms with Crippen molar-refractivity contribution in [2.24, 2.45) is 0 Å². The first-order chi connectivity index (χ1) is 10.0. The van der Waals surface area contributed by atoms with E-state index in [9.17, 15) is 0 Å². The van der Waals surface area contributed by atoms with E-state index in [-0.39, 0.29) is 5.54 Å². The van der Waals surface area contributed by atoms with E-state index in [0.717, 1.165) is 19.0 Å². The van der Waals surface area contributed by atoms with E-state index >= 15 is 0 Å². The fourth-order valence-corrected chi connectivity index (χ4v) is 2.65. The van der Waals surface area contributed by atoms with Crippen molar-refractivity contribution in [1.82, 2.24) is 10.6 Å². The molecule has 0 unspecified atom stereocenters. The Morgan fingerprint density at radius 3 is 2.24 bits per heavy atom. The predicted molar refractivity (Wildman–Crippen MR) is 91.9 cm³/mol. The van der Waals surface area contributed by atoms with Gasteiger partial charge in [-0.1, -0.05) is 24.3 Å². The van der Waals surface area contributed by atoms with Crippen LogP contribution in [-0.2, 0) is 12.8 Å². The van der Waals surface area contributed by atoms with Crippen LogP contribution in [0.25, 0.3) is 0 Å². The molecule has 1 aromatic rings. The van der Waals surface area contributed by atoms with Crippen LogP contribution in [0, 0.1) is 0 Å². The normalized spacial score (nSPS) is 15.4. The van der Waals surface area contributed by atoms with E-state index in [2.05, 4.69) is 55.7 Å². The van der Waals surface area contributed by atoms with Crippen molar-refractivity contribution in [2.45, 2.75) is 70.9 Å². The van der Waals surface area contributed by atoms with Gasteiger partial charge >= 0.3 is 0 Å². The molecule has 2 heteroatoms. The molecule has 1 aromatic carbocycles. The molecule has 0 radical (unpaired) electrons. The van der Waals surface area contributed by atoms with Crippen molar-refractivity contribution in [3.63, 3.8) is 0 Å². The lowest BCUT2D eigenvalue weighted by molar-refractivity contribution is 0.429. The topological polar surface area (TPSA) is 24.1 Å². The highest BCUT2D eigenvalue weighted by Gasteiger charge is 2.19. The van der Waals surface area contributed by atoms with Crippen molar-refractivity contribution in [1.29, 1.82) is 0 Å². The van der Waals surface area contributed by atoms with E-state index in [1.807, 2.05) is 0 Å². The Kier molecular flexibility index (Phi) is 6.25. The SMILES string of the molecule is CC(C)(C)NCCc1ccccc1CCCCNC1CC1. The van der Waals surface area contributed by atoms with Crippen LogP contribution >= 0.6 is 0 Å². The first-order valence-electron chi connectivity index (χ1n) is 8.60. The molecular formula is C19H32N2. The van der Waals surface area contributed by atoms with Crippen LogP contribution in [-0.4, -0.2) is 24.7 Å². The molecule has 2 rings (SSSR count). The molecule has 0 bridgehead atoms. The van der Waals surface area contributed by atoms with Crippen molar-refractivity contribution in [2.75, 3.05) is 13.1 Å². The number of hydrogen-bond acceptors (Lipinski definition) is 2. The summed E-state index contributed by atoms with van der Waals surface area (Å²) in [4.78, 5) is 0. The van der Waals surface area contributed by atoms with Gasteiger partial charge in [-0.2, -0.15) is 0 Å². The van der Waals surface area contributed by atoms with Crippen molar-refractivity contribution < 1.29 is 0 Å². The van der Waals surface area contributed by atoms with E-state index in [0.29, 0.717) is 0 Å². The molecule has 1 fully saturated rings. The summed E-state index contributed by atoms with van der Waals surface area (Å²) in [6, 6.07) is 9.80. The Bertz CT molecular complexity index is 416. The second-order valence-corrected chi connectivity index (χ2v) is 7.38. The highest BCUT2D eigenvalue weighted by molar-refractivity contribution is 5.27. The van der Waals surface area contributed by atoms with E-state index < -0.39 is 0 Å². The summed E-state index contributed by atoms with van der Waals surface area (Å²) in [5.41, 5.74) is 3.27. The van der Waals surface area contributed by atoms with Gasteiger partial charge in [-0.15, -0.1) is 0 Å². The molecule has 0 saturated heterocycles. The number of nitrogens with one attached hydrogen (secondary N) is 2. The summed E-state index contributed by atoms with van der Waals surface area (Å²) >= 11 is 0. The monoisotopic (exact) mass is 288 g/mol. The van der Waals surface area contributed by atoms with Gasteiger partial charge in [-0.3, -0.25) is 0 Å². The summed E-state index contributed by atoms with van der Waals surface area (Å²) in [6.45, 7) is 8.94. The maximum Gasteiger partial charge on any atom is 0.00966 e. The first kappa shape index (κ1) is 16.5. The van der Waals surface area contributed by atoms with Crippen LogP contribution in [0.5, 0.6) is 0 Å². The molecule has 0 aliphatic heterocycles.